The number of methoxy groups -OCH3 is 3. The molecule has 2 atom stereocenters. The van der Waals surface area contributed by atoms with E-state index in [2.05, 4.69) is 4.98 Å². The lowest BCUT2D eigenvalue weighted by atomic mass is 9.87. The molecule has 0 spiro atoms. The number of nitrogens with zero attached hydrogens (tertiary/aromatic N) is 2. The van der Waals surface area contributed by atoms with Crippen LogP contribution in [0.5, 0.6) is 17.2 Å². The first-order valence-electron chi connectivity index (χ1n) is 11.9. The average Bonchev–Trinajstić information content (AvgIpc) is 2.93. The van der Waals surface area contributed by atoms with Gasteiger partial charge in [0, 0.05) is 18.2 Å². The van der Waals surface area contributed by atoms with Crippen molar-refractivity contribution in [2.45, 2.75) is 31.9 Å². The van der Waals surface area contributed by atoms with Gasteiger partial charge in [-0.05, 0) is 49.2 Å². The highest BCUT2D eigenvalue weighted by Gasteiger charge is 2.30. The fourth-order valence-electron chi connectivity index (χ4n) is 4.32. The summed E-state index contributed by atoms with van der Waals surface area (Å²) in [7, 11) is 4.54. The molecule has 4 aromatic rings. The minimum atomic E-state index is -1.27. The molecule has 0 radical (unpaired) electrons. The van der Waals surface area contributed by atoms with E-state index in [0.29, 0.717) is 16.1 Å². The summed E-state index contributed by atoms with van der Waals surface area (Å²) in [4.78, 5) is 43.1. The zero-order valence-corrected chi connectivity index (χ0v) is 21.7. The Morgan fingerprint density at radius 2 is 1.39 bits per heavy atom. The number of fused-ring (bicyclic) bond motifs is 1. The summed E-state index contributed by atoms with van der Waals surface area (Å²) in [5, 5.41) is 0. The molecule has 38 heavy (non-hydrogen) atoms. The molecular weight excluding hydrogens is 492 g/mol. The Kier molecular flexibility index (Phi) is 7.80. The monoisotopic (exact) mass is 520 g/mol. The van der Waals surface area contributed by atoms with Crippen molar-refractivity contribution >= 4 is 17.1 Å². The number of pyridine rings is 1. The summed E-state index contributed by atoms with van der Waals surface area (Å²) >= 11 is 0. The van der Waals surface area contributed by atoms with E-state index in [9.17, 15) is 14.4 Å². The van der Waals surface area contributed by atoms with Crippen LogP contribution >= 0.6 is 0 Å². The van der Waals surface area contributed by atoms with Crippen molar-refractivity contribution in [3.05, 3.63) is 92.8 Å². The van der Waals surface area contributed by atoms with Gasteiger partial charge in [-0.3, -0.25) is 4.79 Å². The second-order valence-electron chi connectivity index (χ2n) is 8.58. The Morgan fingerprint density at radius 3 is 1.89 bits per heavy atom. The molecule has 0 aliphatic carbocycles. The zero-order chi connectivity index (χ0) is 27.4. The summed E-state index contributed by atoms with van der Waals surface area (Å²) in [6, 6.07) is 15.1. The Hall–Kier alpha value is -4.60. The van der Waals surface area contributed by atoms with Crippen LogP contribution in [0.1, 0.15) is 36.9 Å². The van der Waals surface area contributed by atoms with Gasteiger partial charge in [0.05, 0.1) is 21.3 Å². The van der Waals surface area contributed by atoms with Crippen molar-refractivity contribution < 1.29 is 28.2 Å². The van der Waals surface area contributed by atoms with E-state index < -0.39 is 29.4 Å². The molecule has 0 amide bonds. The summed E-state index contributed by atoms with van der Waals surface area (Å²) in [5.74, 6) is -0.601. The van der Waals surface area contributed by atoms with Crippen LogP contribution < -0.4 is 25.5 Å². The molecule has 10 nitrogen and oxygen atoms in total. The van der Waals surface area contributed by atoms with Crippen LogP contribution in [0.4, 0.5) is 0 Å². The van der Waals surface area contributed by atoms with Crippen molar-refractivity contribution in [1.29, 1.82) is 0 Å². The Bertz CT molecular complexity index is 1490. The Morgan fingerprint density at radius 1 is 0.842 bits per heavy atom. The van der Waals surface area contributed by atoms with Crippen LogP contribution in [0.2, 0.25) is 0 Å². The molecule has 0 bridgehead atoms. The minimum Gasteiger partial charge on any atom is -0.497 e. The lowest BCUT2D eigenvalue weighted by Gasteiger charge is -2.26. The maximum absolute atomic E-state index is 13.2. The molecule has 0 saturated carbocycles. The first-order valence-corrected chi connectivity index (χ1v) is 11.9. The summed E-state index contributed by atoms with van der Waals surface area (Å²) in [6.45, 7) is 3.15. The van der Waals surface area contributed by atoms with Crippen LogP contribution in [0.15, 0.2) is 74.8 Å². The number of rotatable bonds is 9. The van der Waals surface area contributed by atoms with Crippen molar-refractivity contribution in [2.24, 2.45) is 0 Å². The number of esters is 1. The second-order valence-corrected chi connectivity index (χ2v) is 8.58. The van der Waals surface area contributed by atoms with Gasteiger partial charge in [-0.1, -0.05) is 24.3 Å². The third kappa shape index (κ3) is 5.10. The van der Waals surface area contributed by atoms with Crippen LogP contribution in [-0.2, 0) is 9.53 Å². The smallest absolute Gasteiger partial charge is 0.423 e. The summed E-state index contributed by atoms with van der Waals surface area (Å²) in [5.41, 5.74) is 0.750. The normalized spacial score (nSPS) is 12.7. The molecule has 4 rings (SSSR count). The minimum absolute atomic E-state index is 0.0886. The first-order chi connectivity index (χ1) is 18.3. The third-order valence-electron chi connectivity index (χ3n) is 6.35. The quantitative estimate of drug-likeness (QED) is 0.304. The molecule has 2 heterocycles. The van der Waals surface area contributed by atoms with Gasteiger partial charge >= 0.3 is 11.7 Å². The number of ether oxygens (including phenoxy) is 4. The van der Waals surface area contributed by atoms with Crippen LogP contribution in [0.25, 0.3) is 11.1 Å². The molecule has 0 aliphatic rings. The molecule has 0 fully saturated rings. The molecule has 0 unspecified atom stereocenters. The lowest BCUT2D eigenvalue weighted by molar-refractivity contribution is -0.152. The zero-order valence-electron chi connectivity index (χ0n) is 21.7. The molecule has 198 valence electrons. The number of carbonyl (C=O) groups excluding carboxylic acids is 1. The molecule has 10 heteroatoms. The number of carbonyl (C=O) groups is 1. The van der Waals surface area contributed by atoms with Crippen molar-refractivity contribution in [2.75, 3.05) is 21.3 Å². The maximum Gasteiger partial charge on any atom is 0.423 e. The highest BCUT2D eigenvalue weighted by molar-refractivity contribution is 5.78. The van der Waals surface area contributed by atoms with Crippen LogP contribution in [0.3, 0.4) is 0 Å². The highest BCUT2D eigenvalue weighted by atomic mass is 16.5. The van der Waals surface area contributed by atoms with Gasteiger partial charge in [-0.15, -0.1) is 0 Å². The third-order valence-corrected chi connectivity index (χ3v) is 6.35. The van der Waals surface area contributed by atoms with Crippen molar-refractivity contribution in [3.63, 3.8) is 0 Å². The van der Waals surface area contributed by atoms with E-state index in [1.807, 2.05) is 48.5 Å². The van der Waals surface area contributed by atoms with Crippen molar-refractivity contribution in [1.82, 2.24) is 9.55 Å². The summed E-state index contributed by atoms with van der Waals surface area (Å²) < 4.78 is 27.5. The predicted molar refractivity (Wildman–Crippen MR) is 139 cm³/mol. The number of aromatic nitrogens is 2. The van der Waals surface area contributed by atoms with Gasteiger partial charge in [-0.2, -0.15) is 0 Å². The lowest BCUT2D eigenvalue weighted by Crippen LogP contribution is -2.40. The van der Waals surface area contributed by atoms with E-state index in [1.165, 1.54) is 26.3 Å². The Labute approximate surface area is 218 Å². The standard InChI is InChI=1S/C28H28N2O8/c1-16(30-26(31)24-25(38-28(30)33)22(36-5)14-15-29-24)27(32)37-17(2)23(18-6-10-20(34-3)11-7-18)19-8-12-21(35-4)13-9-19/h6-17,23H,1-5H3/t16-,17-/m0/s1. The number of hydrogen-bond donors (Lipinski definition) is 0. The van der Waals surface area contributed by atoms with Crippen LogP contribution in [0, 0.1) is 0 Å². The van der Waals surface area contributed by atoms with Gasteiger partial charge in [0.1, 0.15) is 23.6 Å². The van der Waals surface area contributed by atoms with Crippen molar-refractivity contribution in [3.8, 4) is 17.2 Å². The average molecular weight is 521 g/mol. The largest absolute Gasteiger partial charge is 0.497 e. The topological polar surface area (TPSA) is 119 Å². The summed E-state index contributed by atoms with van der Waals surface area (Å²) in [6.07, 6.45) is 0.680. The van der Waals surface area contributed by atoms with Crippen LogP contribution in [-0.4, -0.2) is 43.0 Å². The van der Waals surface area contributed by atoms with Gasteiger partial charge in [-0.25, -0.2) is 19.1 Å². The second kappa shape index (κ2) is 11.2. The fourth-order valence-corrected chi connectivity index (χ4v) is 4.32. The molecule has 0 N–H and O–H groups in total. The molecular formula is C28H28N2O8. The molecule has 2 aromatic heterocycles. The first kappa shape index (κ1) is 26.5. The van der Waals surface area contributed by atoms with E-state index in [1.54, 1.807) is 21.1 Å². The van der Waals surface area contributed by atoms with Gasteiger partial charge < -0.3 is 23.4 Å². The molecule has 0 aliphatic heterocycles. The van der Waals surface area contributed by atoms with Gasteiger partial charge in [0.2, 0.25) is 5.58 Å². The van der Waals surface area contributed by atoms with E-state index in [0.717, 1.165) is 11.1 Å². The SMILES string of the molecule is COc1ccc(C(c2ccc(OC)cc2)[C@H](C)OC(=O)[C@H](C)n2c(=O)oc3c(OC)ccnc3c2=O)cc1. The molecule has 0 saturated heterocycles. The Balaban J connectivity index is 1.67. The van der Waals surface area contributed by atoms with Gasteiger partial charge in [0.25, 0.3) is 5.56 Å². The number of hydrogen-bond acceptors (Lipinski definition) is 9. The number of benzene rings is 2. The predicted octanol–water partition coefficient (Wildman–Crippen LogP) is 3.70. The van der Waals surface area contributed by atoms with E-state index in [-0.39, 0.29) is 22.8 Å². The van der Waals surface area contributed by atoms with Gasteiger partial charge in [0.15, 0.2) is 11.3 Å². The fraction of sp³-hybridized carbons (Fsp3) is 0.286. The maximum atomic E-state index is 13.2. The van der Waals surface area contributed by atoms with E-state index >= 15 is 0 Å². The molecule has 2 aromatic carbocycles. The highest BCUT2D eigenvalue weighted by Crippen LogP contribution is 2.32. The van der Waals surface area contributed by atoms with E-state index in [4.69, 9.17) is 23.4 Å².